The highest BCUT2D eigenvalue weighted by Crippen LogP contribution is 2.20. The molecule has 1 atom stereocenters. The Kier molecular flexibility index (Phi) is 9.46. The van der Waals surface area contributed by atoms with Crippen LogP contribution in [0.15, 0.2) is 59.5 Å². The van der Waals surface area contributed by atoms with E-state index >= 15 is 0 Å². The maximum absolute atomic E-state index is 13.3. The molecule has 0 aliphatic heterocycles. The Hall–Kier alpha value is -2.71. The average molecular weight is 500 g/mol. The third-order valence-corrected chi connectivity index (χ3v) is 8.66. The first-order valence-electron chi connectivity index (χ1n) is 12.4. The number of benzene rings is 2. The standard InChI is InChI=1S/C27H37N3O4S/c1-21-12-7-8-13-23(21)20-30(22(2)27(32)28-24-14-9-10-15-24)26(31)18-11-19-29(3)35(33,34)25-16-5-4-6-17-25/h4-8,12-13,16-17,22,24H,9-11,14-15,18-20H2,1-3H3,(H,28,32)/t22-/m1/s1. The van der Waals surface area contributed by atoms with Crippen LogP contribution in [0.5, 0.6) is 0 Å². The van der Waals surface area contributed by atoms with Crippen molar-refractivity contribution in [3.63, 3.8) is 0 Å². The quantitative estimate of drug-likeness (QED) is 0.508. The molecule has 0 radical (unpaired) electrons. The van der Waals surface area contributed by atoms with Crippen LogP contribution in [0.3, 0.4) is 0 Å². The van der Waals surface area contributed by atoms with Gasteiger partial charge >= 0.3 is 0 Å². The van der Waals surface area contributed by atoms with Crippen molar-refractivity contribution in [2.75, 3.05) is 13.6 Å². The fraction of sp³-hybridized carbons (Fsp3) is 0.481. The van der Waals surface area contributed by atoms with Gasteiger partial charge in [0.1, 0.15) is 6.04 Å². The summed E-state index contributed by atoms with van der Waals surface area (Å²) < 4.78 is 26.8. The average Bonchev–Trinajstić information content (AvgIpc) is 3.36. The highest BCUT2D eigenvalue weighted by Gasteiger charge is 2.29. The van der Waals surface area contributed by atoms with Crippen LogP contribution in [-0.2, 0) is 26.2 Å². The Bertz CT molecular complexity index is 1100. The number of sulfonamides is 1. The predicted molar refractivity (Wildman–Crippen MR) is 137 cm³/mol. The molecule has 0 bridgehead atoms. The van der Waals surface area contributed by atoms with Crippen molar-refractivity contribution in [2.45, 2.75) is 75.9 Å². The van der Waals surface area contributed by atoms with Gasteiger partial charge in [-0.2, -0.15) is 0 Å². The van der Waals surface area contributed by atoms with Crippen molar-refractivity contribution in [1.29, 1.82) is 0 Å². The van der Waals surface area contributed by atoms with Gasteiger partial charge in [0.05, 0.1) is 4.90 Å². The van der Waals surface area contributed by atoms with Gasteiger partial charge in [0.25, 0.3) is 0 Å². The zero-order chi connectivity index (χ0) is 25.4. The van der Waals surface area contributed by atoms with Crippen LogP contribution in [0.4, 0.5) is 0 Å². The minimum absolute atomic E-state index is 0.136. The summed E-state index contributed by atoms with van der Waals surface area (Å²) in [6.07, 6.45) is 4.71. The van der Waals surface area contributed by atoms with Crippen molar-refractivity contribution >= 4 is 21.8 Å². The summed E-state index contributed by atoms with van der Waals surface area (Å²) in [5, 5.41) is 3.11. The van der Waals surface area contributed by atoms with Crippen LogP contribution < -0.4 is 5.32 Å². The van der Waals surface area contributed by atoms with Crippen molar-refractivity contribution in [1.82, 2.24) is 14.5 Å². The molecule has 2 aromatic rings. The number of hydrogen-bond acceptors (Lipinski definition) is 4. The van der Waals surface area contributed by atoms with Crippen LogP contribution in [-0.4, -0.2) is 55.1 Å². The zero-order valence-electron chi connectivity index (χ0n) is 20.9. The summed E-state index contributed by atoms with van der Waals surface area (Å²) >= 11 is 0. The summed E-state index contributed by atoms with van der Waals surface area (Å²) in [6, 6.07) is 15.7. The molecule has 1 aliphatic carbocycles. The van der Waals surface area contributed by atoms with E-state index in [0.29, 0.717) is 13.0 Å². The van der Waals surface area contributed by atoms with Gasteiger partial charge in [0.15, 0.2) is 0 Å². The lowest BCUT2D eigenvalue weighted by atomic mass is 10.1. The fourth-order valence-electron chi connectivity index (χ4n) is 4.43. The van der Waals surface area contributed by atoms with Gasteiger partial charge in [-0.15, -0.1) is 0 Å². The first-order chi connectivity index (χ1) is 16.7. The first kappa shape index (κ1) is 26.9. The Morgan fingerprint density at radius 3 is 2.31 bits per heavy atom. The van der Waals surface area contributed by atoms with E-state index in [2.05, 4.69) is 5.32 Å². The molecule has 1 fully saturated rings. The van der Waals surface area contributed by atoms with E-state index in [1.165, 1.54) is 11.4 Å². The van der Waals surface area contributed by atoms with Crippen molar-refractivity contribution in [2.24, 2.45) is 0 Å². The lowest BCUT2D eigenvalue weighted by Gasteiger charge is -2.30. The van der Waals surface area contributed by atoms with Gasteiger partial charge in [-0.05, 0) is 56.4 Å². The zero-order valence-corrected chi connectivity index (χ0v) is 21.8. The van der Waals surface area contributed by atoms with Crippen molar-refractivity contribution in [3.05, 3.63) is 65.7 Å². The Labute approximate surface area is 209 Å². The van der Waals surface area contributed by atoms with Crippen molar-refractivity contribution < 1.29 is 18.0 Å². The molecule has 0 spiro atoms. The second-order valence-electron chi connectivity index (χ2n) is 9.36. The van der Waals surface area contributed by atoms with Crippen LogP contribution in [0.2, 0.25) is 0 Å². The number of carbonyl (C=O) groups is 2. The lowest BCUT2D eigenvalue weighted by Crippen LogP contribution is -2.49. The van der Waals surface area contributed by atoms with Crippen LogP contribution in [0, 0.1) is 6.92 Å². The van der Waals surface area contributed by atoms with Gasteiger partial charge < -0.3 is 10.2 Å². The summed E-state index contributed by atoms with van der Waals surface area (Å²) in [4.78, 5) is 28.2. The molecule has 0 aromatic heterocycles. The number of nitrogens with zero attached hydrogens (tertiary/aromatic N) is 2. The number of hydrogen-bond donors (Lipinski definition) is 1. The lowest BCUT2D eigenvalue weighted by molar-refractivity contribution is -0.141. The Balaban J connectivity index is 1.66. The van der Waals surface area contributed by atoms with Crippen LogP contribution >= 0.6 is 0 Å². The Morgan fingerprint density at radius 1 is 1.03 bits per heavy atom. The Morgan fingerprint density at radius 2 is 1.66 bits per heavy atom. The summed E-state index contributed by atoms with van der Waals surface area (Å²) in [5.41, 5.74) is 2.05. The minimum atomic E-state index is -3.61. The molecule has 2 aromatic carbocycles. The van der Waals surface area contributed by atoms with Crippen LogP contribution in [0.1, 0.15) is 56.6 Å². The van der Waals surface area contributed by atoms with Gasteiger partial charge in [-0.25, -0.2) is 12.7 Å². The maximum Gasteiger partial charge on any atom is 0.242 e. The maximum atomic E-state index is 13.3. The summed E-state index contributed by atoms with van der Waals surface area (Å²) in [6.45, 7) is 4.31. The smallest absolute Gasteiger partial charge is 0.242 e. The molecule has 2 amide bonds. The number of carbonyl (C=O) groups excluding carboxylic acids is 2. The molecule has 35 heavy (non-hydrogen) atoms. The summed E-state index contributed by atoms with van der Waals surface area (Å²) in [5.74, 6) is -0.296. The topological polar surface area (TPSA) is 86.8 Å². The minimum Gasteiger partial charge on any atom is -0.352 e. The largest absolute Gasteiger partial charge is 0.352 e. The van der Waals surface area contributed by atoms with E-state index < -0.39 is 16.1 Å². The third-order valence-electron chi connectivity index (χ3n) is 6.79. The van der Waals surface area contributed by atoms with Gasteiger partial charge in [0.2, 0.25) is 21.8 Å². The van der Waals surface area contributed by atoms with E-state index in [0.717, 1.165) is 36.8 Å². The number of aryl methyl sites for hydroxylation is 1. The normalized spacial score (nSPS) is 15.2. The second kappa shape index (κ2) is 12.3. The van der Waals surface area contributed by atoms with Crippen molar-refractivity contribution in [3.8, 4) is 0 Å². The number of rotatable bonds is 11. The molecule has 1 N–H and O–H groups in total. The molecular weight excluding hydrogens is 462 g/mol. The molecule has 1 saturated carbocycles. The first-order valence-corrected chi connectivity index (χ1v) is 13.8. The van der Waals surface area contributed by atoms with Gasteiger partial charge in [-0.3, -0.25) is 9.59 Å². The highest BCUT2D eigenvalue weighted by molar-refractivity contribution is 7.89. The SMILES string of the molecule is Cc1ccccc1CN(C(=O)CCCN(C)S(=O)(=O)c1ccccc1)[C@H](C)C(=O)NC1CCCC1. The predicted octanol–water partition coefficient (Wildman–Crippen LogP) is 3.87. The van der Waals surface area contributed by atoms with Gasteiger partial charge in [-0.1, -0.05) is 55.3 Å². The molecule has 7 nitrogen and oxygen atoms in total. The van der Waals surface area contributed by atoms with E-state index in [1.807, 2.05) is 31.2 Å². The molecule has 8 heteroatoms. The number of amides is 2. The molecular formula is C27H37N3O4S. The van der Waals surface area contributed by atoms with Gasteiger partial charge in [0, 0.05) is 32.6 Å². The third kappa shape index (κ3) is 7.15. The van der Waals surface area contributed by atoms with E-state index in [-0.39, 0.29) is 35.7 Å². The number of nitrogens with one attached hydrogen (secondary N) is 1. The fourth-order valence-corrected chi connectivity index (χ4v) is 5.67. The van der Waals surface area contributed by atoms with E-state index in [9.17, 15) is 18.0 Å². The van der Waals surface area contributed by atoms with Crippen LogP contribution in [0.25, 0.3) is 0 Å². The highest BCUT2D eigenvalue weighted by atomic mass is 32.2. The molecule has 0 unspecified atom stereocenters. The second-order valence-corrected chi connectivity index (χ2v) is 11.4. The summed E-state index contributed by atoms with van der Waals surface area (Å²) in [7, 11) is -2.09. The molecule has 0 saturated heterocycles. The molecule has 1 aliphatic rings. The molecule has 190 valence electrons. The molecule has 0 heterocycles. The molecule has 3 rings (SSSR count). The monoisotopic (exact) mass is 499 g/mol. The van der Waals surface area contributed by atoms with E-state index in [1.54, 1.807) is 42.2 Å². The van der Waals surface area contributed by atoms with E-state index in [4.69, 9.17) is 0 Å².